The Balaban J connectivity index is 1.98. The molecule has 2 rings (SSSR count). The van der Waals surface area contributed by atoms with E-state index in [4.69, 9.17) is 0 Å². The lowest BCUT2D eigenvalue weighted by Gasteiger charge is -2.36. The van der Waals surface area contributed by atoms with E-state index >= 15 is 0 Å². The maximum absolute atomic E-state index is 13.1. The number of piperidine rings is 1. The molecule has 2 heterocycles. The molecule has 4 heteroatoms. The summed E-state index contributed by atoms with van der Waals surface area (Å²) in [5, 5.41) is 0. The van der Waals surface area contributed by atoms with E-state index in [0.29, 0.717) is 11.8 Å². The quantitative estimate of drug-likeness (QED) is 0.719. The fourth-order valence-corrected chi connectivity index (χ4v) is 4.98. The van der Waals surface area contributed by atoms with Crippen LogP contribution in [-0.2, 0) is 0 Å². The van der Waals surface area contributed by atoms with Crippen LogP contribution >= 0.6 is 11.3 Å². The van der Waals surface area contributed by atoms with Gasteiger partial charge in [0.15, 0.2) is 0 Å². The van der Waals surface area contributed by atoms with Gasteiger partial charge in [0, 0.05) is 16.7 Å². The number of halogens is 2. The van der Waals surface area contributed by atoms with Crippen molar-refractivity contribution in [3.05, 3.63) is 21.4 Å². The minimum atomic E-state index is -2.57. The molecule has 1 aromatic rings. The summed E-state index contributed by atoms with van der Waals surface area (Å²) >= 11 is 1.92. The molecule has 0 bridgehead atoms. The van der Waals surface area contributed by atoms with Gasteiger partial charge in [-0.3, -0.25) is 4.90 Å². The third kappa shape index (κ3) is 4.49. The molecule has 0 N–H and O–H groups in total. The molecule has 120 valence electrons. The third-order valence-corrected chi connectivity index (χ3v) is 5.84. The van der Waals surface area contributed by atoms with Crippen LogP contribution in [0.3, 0.4) is 0 Å². The second-order valence-electron chi connectivity index (χ2n) is 6.60. The standard InChI is InChI=1S/C17H27F2NS/c1-5-15(16-12(2)10-13(3)21-16)14-6-8-20(9-7-14)11-17(4,18)19/h10,14-15H,5-9,11H2,1-4H3. The van der Waals surface area contributed by atoms with E-state index in [0.717, 1.165) is 39.3 Å². The molecule has 1 saturated heterocycles. The number of likely N-dealkylation sites (tertiary alicyclic amines) is 1. The highest BCUT2D eigenvalue weighted by atomic mass is 32.1. The van der Waals surface area contributed by atoms with Crippen molar-refractivity contribution in [3.8, 4) is 0 Å². The Bertz CT molecular complexity index is 456. The largest absolute Gasteiger partial charge is 0.297 e. The predicted octanol–water partition coefficient (Wildman–Crippen LogP) is 5.23. The minimum absolute atomic E-state index is 0.0896. The first-order valence-corrected chi connectivity index (χ1v) is 8.79. The first-order chi connectivity index (χ1) is 9.80. The summed E-state index contributed by atoms with van der Waals surface area (Å²) in [6, 6.07) is 2.27. The zero-order valence-electron chi connectivity index (χ0n) is 13.6. The van der Waals surface area contributed by atoms with Gasteiger partial charge in [0.2, 0.25) is 0 Å². The molecule has 1 aliphatic heterocycles. The van der Waals surface area contributed by atoms with Crippen LogP contribution in [0, 0.1) is 19.8 Å². The molecular formula is C17H27F2NS. The van der Waals surface area contributed by atoms with Gasteiger partial charge in [-0.2, -0.15) is 0 Å². The van der Waals surface area contributed by atoms with Gasteiger partial charge < -0.3 is 0 Å². The van der Waals surface area contributed by atoms with Gasteiger partial charge in [-0.05, 0) is 69.7 Å². The van der Waals surface area contributed by atoms with Crippen LogP contribution < -0.4 is 0 Å². The molecule has 1 aliphatic rings. The number of alkyl halides is 2. The van der Waals surface area contributed by atoms with Crippen molar-refractivity contribution in [2.75, 3.05) is 19.6 Å². The van der Waals surface area contributed by atoms with Gasteiger partial charge in [-0.15, -0.1) is 11.3 Å². The molecule has 0 aliphatic carbocycles. The lowest BCUT2D eigenvalue weighted by Crippen LogP contribution is -2.41. The Kier molecular flexibility index (Phi) is 5.42. The van der Waals surface area contributed by atoms with Gasteiger partial charge in [-0.1, -0.05) is 6.92 Å². The summed E-state index contributed by atoms with van der Waals surface area (Å²) in [4.78, 5) is 4.83. The van der Waals surface area contributed by atoms with Gasteiger partial charge in [0.05, 0.1) is 6.54 Å². The van der Waals surface area contributed by atoms with E-state index < -0.39 is 5.92 Å². The van der Waals surface area contributed by atoms with Crippen LogP contribution in [0.1, 0.15) is 54.3 Å². The van der Waals surface area contributed by atoms with Gasteiger partial charge in [0.1, 0.15) is 0 Å². The average molecular weight is 315 g/mol. The predicted molar refractivity (Wildman–Crippen MR) is 86.6 cm³/mol. The van der Waals surface area contributed by atoms with Crippen LogP contribution in [0.2, 0.25) is 0 Å². The van der Waals surface area contributed by atoms with E-state index in [-0.39, 0.29) is 6.54 Å². The summed E-state index contributed by atoms with van der Waals surface area (Å²) in [5.41, 5.74) is 1.41. The second-order valence-corrected chi connectivity index (χ2v) is 7.89. The number of thiophene rings is 1. The number of hydrogen-bond donors (Lipinski definition) is 0. The lowest BCUT2D eigenvalue weighted by molar-refractivity contribution is -0.0232. The van der Waals surface area contributed by atoms with Crippen molar-refractivity contribution in [1.82, 2.24) is 4.90 Å². The average Bonchev–Trinajstić information content (AvgIpc) is 2.70. The molecule has 1 unspecified atom stereocenters. The first kappa shape index (κ1) is 16.9. The Morgan fingerprint density at radius 1 is 1.33 bits per heavy atom. The van der Waals surface area contributed by atoms with Crippen LogP contribution in [-0.4, -0.2) is 30.5 Å². The number of rotatable bonds is 5. The molecule has 1 fully saturated rings. The fraction of sp³-hybridized carbons (Fsp3) is 0.765. The van der Waals surface area contributed by atoms with Crippen molar-refractivity contribution in [2.24, 2.45) is 5.92 Å². The molecule has 0 amide bonds. The van der Waals surface area contributed by atoms with E-state index in [1.807, 2.05) is 16.2 Å². The summed E-state index contributed by atoms with van der Waals surface area (Å²) in [7, 11) is 0. The van der Waals surface area contributed by atoms with Crippen molar-refractivity contribution in [1.29, 1.82) is 0 Å². The highest BCUT2D eigenvalue weighted by Crippen LogP contribution is 2.40. The molecule has 0 saturated carbocycles. The molecule has 21 heavy (non-hydrogen) atoms. The Morgan fingerprint density at radius 3 is 2.38 bits per heavy atom. The Morgan fingerprint density at radius 2 is 1.95 bits per heavy atom. The Hall–Kier alpha value is -0.480. The molecule has 1 aromatic heterocycles. The normalized spacial score (nSPS) is 19.9. The smallest absolute Gasteiger partial charge is 0.257 e. The Labute approximate surface area is 131 Å². The third-order valence-electron chi connectivity index (χ3n) is 4.56. The maximum atomic E-state index is 13.1. The van der Waals surface area contributed by atoms with E-state index in [1.54, 1.807) is 0 Å². The maximum Gasteiger partial charge on any atom is 0.257 e. The zero-order chi connectivity index (χ0) is 15.6. The van der Waals surface area contributed by atoms with Crippen LogP contribution in [0.25, 0.3) is 0 Å². The number of aryl methyl sites for hydroxylation is 2. The van der Waals surface area contributed by atoms with E-state index in [1.165, 1.54) is 15.3 Å². The van der Waals surface area contributed by atoms with E-state index in [2.05, 4.69) is 26.8 Å². The van der Waals surface area contributed by atoms with Crippen LogP contribution in [0.5, 0.6) is 0 Å². The summed E-state index contributed by atoms with van der Waals surface area (Å²) < 4.78 is 26.2. The van der Waals surface area contributed by atoms with Crippen molar-refractivity contribution in [3.63, 3.8) is 0 Å². The lowest BCUT2D eigenvalue weighted by atomic mass is 9.81. The van der Waals surface area contributed by atoms with Crippen LogP contribution in [0.4, 0.5) is 8.78 Å². The minimum Gasteiger partial charge on any atom is -0.297 e. The molecule has 1 nitrogen and oxygen atoms in total. The number of hydrogen-bond acceptors (Lipinski definition) is 2. The molecular weight excluding hydrogens is 288 g/mol. The first-order valence-electron chi connectivity index (χ1n) is 7.97. The molecule has 1 atom stereocenters. The van der Waals surface area contributed by atoms with Crippen molar-refractivity contribution < 1.29 is 8.78 Å². The molecule has 0 radical (unpaired) electrons. The molecule has 0 spiro atoms. The molecule has 0 aromatic carbocycles. The zero-order valence-corrected chi connectivity index (χ0v) is 14.4. The second kappa shape index (κ2) is 6.74. The topological polar surface area (TPSA) is 3.24 Å². The highest BCUT2D eigenvalue weighted by Gasteiger charge is 2.32. The van der Waals surface area contributed by atoms with Gasteiger partial charge in [-0.25, -0.2) is 8.78 Å². The monoisotopic (exact) mass is 315 g/mol. The summed E-state index contributed by atoms with van der Waals surface area (Å²) in [5.74, 6) is -1.32. The summed E-state index contributed by atoms with van der Waals surface area (Å²) in [6.07, 6.45) is 3.24. The SMILES string of the molecule is CCC(c1sc(C)cc1C)C1CCN(CC(C)(F)F)CC1. The van der Waals surface area contributed by atoms with Crippen LogP contribution in [0.15, 0.2) is 6.07 Å². The highest BCUT2D eigenvalue weighted by molar-refractivity contribution is 7.12. The number of nitrogens with zero attached hydrogens (tertiary/aromatic N) is 1. The fourth-order valence-electron chi connectivity index (χ4n) is 3.67. The van der Waals surface area contributed by atoms with Gasteiger partial charge >= 0.3 is 0 Å². The van der Waals surface area contributed by atoms with Crippen molar-refractivity contribution >= 4 is 11.3 Å². The van der Waals surface area contributed by atoms with Gasteiger partial charge in [0.25, 0.3) is 5.92 Å². The van der Waals surface area contributed by atoms with Crippen molar-refractivity contribution in [2.45, 2.75) is 58.8 Å². The summed E-state index contributed by atoms with van der Waals surface area (Å²) in [6.45, 7) is 9.18. The van der Waals surface area contributed by atoms with E-state index in [9.17, 15) is 8.78 Å².